The summed E-state index contributed by atoms with van der Waals surface area (Å²) >= 11 is 0. The molecule has 1 saturated heterocycles. The van der Waals surface area contributed by atoms with Crippen LogP contribution in [0.25, 0.3) is 0 Å². The Morgan fingerprint density at radius 1 is 1.48 bits per heavy atom. The summed E-state index contributed by atoms with van der Waals surface area (Å²) in [6.45, 7) is 7.49. The van der Waals surface area contributed by atoms with Crippen LogP contribution in [-0.4, -0.2) is 39.1 Å². The number of carbonyl (C=O) groups excluding carboxylic acids is 1. The number of hydrogen-bond acceptors (Lipinski definition) is 4. The van der Waals surface area contributed by atoms with E-state index in [9.17, 15) is 4.79 Å². The molecular weight excluding hydrogens is 268 g/mol. The Kier molecular flexibility index (Phi) is 3.31. The van der Waals surface area contributed by atoms with Crippen LogP contribution in [-0.2, 0) is 5.41 Å². The van der Waals surface area contributed by atoms with Crippen molar-refractivity contribution in [3.8, 4) is 0 Å². The largest absolute Gasteiger partial charge is 0.437 e. The molecule has 0 saturated carbocycles. The zero-order chi connectivity index (χ0) is 15.0. The standard InChI is InChI=1S/C15H20N4O2/c1-15(2,3)12-8-16-13(21-12)14(20)19-7-5-10(9-19)11-4-6-17-18-11/h4,6,8,10H,5,7,9H2,1-3H3,(H,17,18). The Bertz CT molecular complexity index is 624. The van der Waals surface area contributed by atoms with Crippen LogP contribution in [0.15, 0.2) is 22.9 Å². The number of nitrogens with one attached hydrogen (secondary N) is 1. The third-order valence-corrected chi connectivity index (χ3v) is 3.87. The van der Waals surface area contributed by atoms with Gasteiger partial charge in [-0.05, 0) is 12.5 Å². The molecule has 1 unspecified atom stereocenters. The van der Waals surface area contributed by atoms with Crippen LogP contribution in [0.4, 0.5) is 0 Å². The molecule has 1 N–H and O–H groups in total. The van der Waals surface area contributed by atoms with Crippen LogP contribution >= 0.6 is 0 Å². The van der Waals surface area contributed by atoms with Gasteiger partial charge in [0.2, 0.25) is 0 Å². The maximum Gasteiger partial charge on any atom is 0.309 e. The van der Waals surface area contributed by atoms with Crippen molar-refractivity contribution in [1.82, 2.24) is 20.1 Å². The summed E-state index contributed by atoms with van der Waals surface area (Å²) in [6, 6.07) is 1.96. The second-order valence-electron chi connectivity index (χ2n) is 6.53. The molecule has 0 aliphatic carbocycles. The number of nitrogens with zero attached hydrogens (tertiary/aromatic N) is 3. The molecule has 1 fully saturated rings. The highest BCUT2D eigenvalue weighted by atomic mass is 16.4. The van der Waals surface area contributed by atoms with E-state index < -0.39 is 0 Å². The van der Waals surface area contributed by atoms with E-state index in [1.165, 1.54) is 0 Å². The van der Waals surface area contributed by atoms with Crippen LogP contribution in [0.2, 0.25) is 0 Å². The molecule has 0 spiro atoms. The van der Waals surface area contributed by atoms with Crippen LogP contribution in [0.3, 0.4) is 0 Å². The van der Waals surface area contributed by atoms with Gasteiger partial charge in [0.15, 0.2) is 0 Å². The van der Waals surface area contributed by atoms with Gasteiger partial charge >= 0.3 is 5.91 Å². The van der Waals surface area contributed by atoms with Crippen molar-refractivity contribution in [3.05, 3.63) is 35.8 Å². The van der Waals surface area contributed by atoms with Gasteiger partial charge < -0.3 is 9.32 Å². The highest BCUT2D eigenvalue weighted by Crippen LogP contribution is 2.28. The normalized spacial score (nSPS) is 19.2. The molecule has 2 aromatic rings. The number of oxazole rings is 1. The number of H-pyrrole nitrogens is 1. The fourth-order valence-corrected chi connectivity index (χ4v) is 2.55. The van der Waals surface area contributed by atoms with Crippen LogP contribution in [0.5, 0.6) is 0 Å². The van der Waals surface area contributed by atoms with E-state index in [-0.39, 0.29) is 17.2 Å². The molecule has 2 aromatic heterocycles. The summed E-state index contributed by atoms with van der Waals surface area (Å²) in [4.78, 5) is 18.4. The van der Waals surface area contributed by atoms with Crippen molar-refractivity contribution in [2.45, 2.75) is 38.5 Å². The summed E-state index contributed by atoms with van der Waals surface area (Å²) in [5.41, 5.74) is 0.933. The second kappa shape index (κ2) is 5.02. The Morgan fingerprint density at radius 2 is 2.29 bits per heavy atom. The Balaban J connectivity index is 1.70. The van der Waals surface area contributed by atoms with E-state index in [0.717, 1.165) is 24.4 Å². The Hall–Kier alpha value is -2.11. The molecular formula is C15H20N4O2. The zero-order valence-corrected chi connectivity index (χ0v) is 12.6. The number of hydrogen-bond donors (Lipinski definition) is 1. The lowest BCUT2D eigenvalue weighted by Crippen LogP contribution is -2.28. The Morgan fingerprint density at radius 3 is 2.90 bits per heavy atom. The topological polar surface area (TPSA) is 75.0 Å². The number of amides is 1. The summed E-state index contributed by atoms with van der Waals surface area (Å²) in [5.74, 6) is 1.10. The highest BCUT2D eigenvalue weighted by molar-refractivity contribution is 5.89. The fraction of sp³-hybridized carbons (Fsp3) is 0.533. The first-order valence-electron chi connectivity index (χ1n) is 7.20. The van der Waals surface area contributed by atoms with E-state index in [2.05, 4.69) is 15.2 Å². The van der Waals surface area contributed by atoms with Gasteiger partial charge in [-0.25, -0.2) is 4.98 Å². The van der Waals surface area contributed by atoms with Crippen molar-refractivity contribution in [2.75, 3.05) is 13.1 Å². The first-order valence-corrected chi connectivity index (χ1v) is 7.20. The van der Waals surface area contributed by atoms with Crippen LogP contribution in [0, 0.1) is 0 Å². The lowest BCUT2D eigenvalue weighted by Gasteiger charge is -2.15. The van der Waals surface area contributed by atoms with E-state index in [1.54, 1.807) is 17.3 Å². The van der Waals surface area contributed by atoms with Gasteiger partial charge in [0.25, 0.3) is 5.89 Å². The zero-order valence-electron chi connectivity index (χ0n) is 12.6. The lowest BCUT2D eigenvalue weighted by molar-refractivity contribution is 0.0747. The number of rotatable bonds is 2. The van der Waals surface area contributed by atoms with Gasteiger partial charge in [0.1, 0.15) is 5.76 Å². The minimum Gasteiger partial charge on any atom is -0.437 e. The molecule has 0 aromatic carbocycles. The molecule has 0 bridgehead atoms. The molecule has 3 rings (SSSR count). The minimum absolute atomic E-state index is 0.132. The van der Waals surface area contributed by atoms with Gasteiger partial charge in [-0.3, -0.25) is 9.89 Å². The average molecular weight is 288 g/mol. The van der Waals surface area contributed by atoms with Gasteiger partial charge in [0.05, 0.1) is 6.20 Å². The minimum atomic E-state index is -0.144. The van der Waals surface area contributed by atoms with Gasteiger partial charge in [-0.1, -0.05) is 20.8 Å². The first-order chi connectivity index (χ1) is 9.95. The molecule has 1 aliphatic heterocycles. The lowest BCUT2D eigenvalue weighted by atomic mass is 9.94. The molecule has 3 heterocycles. The summed E-state index contributed by atoms with van der Waals surface area (Å²) in [6.07, 6.45) is 4.32. The van der Waals surface area contributed by atoms with E-state index >= 15 is 0 Å². The fourth-order valence-electron chi connectivity index (χ4n) is 2.55. The van der Waals surface area contributed by atoms with Crippen molar-refractivity contribution < 1.29 is 9.21 Å². The number of carbonyl (C=O) groups is 1. The maximum atomic E-state index is 12.4. The van der Waals surface area contributed by atoms with Gasteiger partial charge in [0, 0.05) is 36.3 Å². The number of aromatic nitrogens is 3. The maximum absolute atomic E-state index is 12.4. The third-order valence-electron chi connectivity index (χ3n) is 3.87. The van der Waals surface area contributed by atoms with Gasteiger partial charge in [-0.15, -0.1) is 0 Å². The van der Waals surface area contributed by atoms with E-state index in [4.69, 9.17) is 4.42 Å². The SMILES string of the molecule is CC(C)(C)c1cnc(C(=O)N2CCC(c3ccn[nH]3)C2)o1. The molecule has 1 aliphatic rings. The molecule has 6 heteroatoms. The third kappa shape index (κ3) is 2.70. The van der Waals surface area contributed by atoms with Crippen molar-refractivity contribution in [3.63, 3.8) is 0 Å². The quantitative estimate of drug-likeness (QED) is 0.920. The molecule has 0 radical (unpaired) electrons. The summed E-state index contributed by atoms with van der Waals surface area (Å²) in [7, 11) is 0. The smallest absolute Gasteiger partial charge is 0.309 e. The van der Waals surface area contributed by atoms with Crippen molar-refractivity contribution in [2.24, 2.45) is 0 Å². The monoisotopic (exact) mass is 288 g/mol. The molecule has 6 nitrogen and oxygen atoms in total. The van der Waals surface area contributed by atoms with E-state index in [1.807, 2.05) is 26.8 Å². The summed E-state index contributed by atoms with van der Waals surface area (Å²) < 4.78 is 5.63. The van der Waals surface area contributed by atoms with E-state index in [0.29, 0.717) is 12.5 Å². The van der Waals surface area contributed by atoms with Crippen LogP contribution < -0.4 is 0 Å². The average Bonchev–Trinajstić information content (AvgIpc) is 3.17. The van der Waals surface area contributed by atoms with Crippen molar-refractivity contribution >= 4 is 5.91 Å². The van der Waals surface area contributed by atoms with Crippen LogP contribution in [0.1, 0.15) is 55.2 Å². The van der Waals surface area contributed by atoms with Crippen molar-refractivity contribution in [1.29, 1.82) is 0 Å². The summed E-state index contributed by atoms with van der Waals surface area (Å²) in [5, 5.41) is 6.94. The predicted octanol–water partition coefficient (Wildman–Crippen LogP) is 2.32. The molecule has 112 valence electrons. The molecule has 21 heavy (non-hydrogen) atoms. The highest BCUT2D eigenvalue weighted by Gasteiger charge is 2.31. The number of likely N-dealkylation sites (tertiary alicyclic amines) is 1. The number of aromatic amines is 1. The first kappa shape index (κ1) is 13.9. The molecule has 1 atom stereocenters. The van der Waals surface area contributed by atoms with Gasteiger partial charge in [-0.2, -0.15) is 5.10 Å². The second-order valence-corrected chi connectivity index (χ2v) is 6.53. The predicted molar refractivity (Wildman–Crippen MR) is 77.1 cm³/mol. The molecule has 1 amide bonds. The Labute approximate surface area is 123 Å².